The van der Waals surface area contributed by atoms with Crippen LogP contribution in [0.1, 0.15) is 24.1 Å². The topological polar surface area (TPSA) is 21.3 Å². The highest BCUT2D eigenvalue weighted by molar-refractivity contribution is 6.42. The predicted octanol–water partition coefficient (Wildman–Crippen LogP) is 5.51. The molecule has 0 aliphatic rings. The first kappa shape index (κ1) is 16.4. The van der Waals surface area contributed by atoms with Crippen molar-refractivity contribution >= 4 is 34.8 Å². The Balaban J connectivity index is 2.12. The maximum atomic E-state index is 6.26. The quantitative estimate of drug-likeness (QED) is 0.772. The zero-order valence-corrected chi connectivity index (χ0v) is 14.1. The third-order valence-corrected chi connectivity index (χ3v) is 4.46. The summed E-state index contributed by atoms with van der Waals surface area (Å²) in [5.41, 5.74) is 1.93. The molecule has 0 aliphatic carbocycles. The molecule has 0 heterocycles. The first-order valence-electron chi connectivity index (χ1n) is 6.55. The van der Waals surface area contributed by atoms with Gasteiger partial charge >= 0.3 is 0 Å². The lowest BCUT2D eigenvalue weighted by Gasteiger charge is -2.14. The lowest BCUT2D eigenvalue weighted by Crippen LogP contribution is -2.12. The summed E-state index contributed by atoms with van der Waals surface area (Å²) in [5.74, 6) is 0.625. The first-order valence-corrected chi connectivity index (χ1v) is 7.68. The van der Waals surface area contributed by atoms with E-state index < -0.39 is 0 Å². The zero-order chi connectivity index (χ0) is 15.4. The molecular formula is C16H16Cl3NO. The van der Waals surface area contributed by atoms with Crippen molar-refractivity contribution in [2.45, 2.75) is 19.6 Å². The van der Waals surface area contributed by atoms with E-state index in [1.807, 2.05) is 37.4 Å². The van der Waals surface area contributed by atoms with Gasteiger partial charge in [0, 0.05) is 11.6 Å². The van der Waals surface area contributed by atoms with Gasteiger partial charge in [-0.25, -0.2) is 0 Å². The minimum atomic E-state index is 0.235. The molecule has 112 valence electrons. The summed E-state index contributed by atoms with van der Waals surface area (Å²) in [5, 5.41) is 4.77. The van der Waals surface area contributed by atoms with Crippen LogP contribution < -0.4 is 10.1 Å². The fraction of sp³-hybridized carbons (Fsp3) is 0.250. The number of rotatable bonds is 5. The Morgan fingerprint density at radius 1 is 1.10 bits per heavy atom. The predicted molar refractivity (Wildman–Crippen MR) is 89.7 cm³/mol. The largest absolute Gasteiger partial charge is 0.487 e. The Labute approximate surface area is 140 Å². The van der Waals surface area contributed by atoms with Gasteiger partial charge in [-0.1, -0.05) is 53.0 Å². The third kappa shape index (κ3) is 4.04. The van der Waals surface area contributed by atoms with Gasteiger partial charge in [0.2, 0.25) is 0 Å². The number of benzene rings is 2. The van der Waals surface area contributed by atoms with E-state index in [1.165, 1.54) is 0 Å². The van der Waals surface area contributed by atoms with Crippen LogP contribution in [0.2, 0.25) is 15.1 Å². The molecule has 0 radical (unpaired) electrons. The van der Waals surface area contributed by atoms with Crippen LogP contribution >= 0.6 is 34.8 Å². The summed E-state index contributed by atoms with van der Waals surface area (Å²) in [6, 6.07) is 11.4. The SMILES string of the molecule is CNC(C)c1ccc(OCc2cccc(Cl)c2Cl)c(Cl)c1. The molecule has 0 amide bonds. The Morgan fingerprint density at radius 2 is 1.86 bits per heavy atom. The van der Waals surface area contributed by atoms with E-state index >= 15 is 0 Å². The molecule has 2 nitrogen and oxygen atoms in total. The van der Waals surface area contributed by atoms with Crippen molar-refractivity contribution < 1.29 is 4.74 Å². The van der Waals surface area contributed by atoms with Crippen molar-refractivity contribution in [3.05, 3.63) is 62.6 Å². The van der Waals surface area contributed by atoms with Gasteiger partial charge in [0.25, 0.3) is 0 Å². The van der Waals surface area contributed by atoms with Crippen LogP contribution in [0.5, 0.6) is 5.75 Å². The van der Waals surface area contributed by atoms with Crippen LogP contribution in [0, 0.1) is 0 Å². The highest BCUT2D eigenvalue weighted by atomic mass is 35.5. The second-order valence-corrected chi connectivity index (χ2v) is 5.89. The molecule has 5 heteroatoms. The maximum absolute atomic E-state index is 6.26. The van der Waals surface area contributed by atoms with E-state index in [9.17, 15) is 0 Å². The van der Waals surface area contributed by atoms with Gasteiger partial charge in [0.1, 0.15) is 12.4 Å². The Hall–Kier alpha value is -0.930. The highest BCUT2D eigenvalue weighted by Crippen LogP contribution is 2.30. The van der Waals surface area contributed by atoms with Crippen LogP contribution in [0.4, 0.5) is 0 Å². The summed E-state index contributed by atoms with van der Waals surface area (Å²) < 4.78 is 5.73. The van der Waals surface area contributed by atoms with E-state index in [0.717, 1.165) is 11.1 Å². The molecule has 0 saturated carbocycles. The van der Waals surface area contributed by atoms with Gasteiger partial charge in [-0.2, -0.15) is 0 Å². The summed E-state index contributed by atoms with van der Waals surface area (Å²) in [7, 11) is 1.91. The zero-order valence-electron chi connectivity index (χ0n) is 11.8. The fourth-order valence-electron chi connectivity index (χ4n) is 1.89. The fourth-order valence-corrected chi connectivity index (χ4v) is 2.50. The van der Waals surface area contributed by atoms with Gasteiger partial charge in [0.15, 0.2) is 0 Å². The normalized spacial score (nSPS) is 12.2. The molecule has 0 aliphatic heterocycles. The van der Waals surface area contributed by atoms with E-state index in [-0.39, 0.29) is 6.04 Å². The second kappa shape index (κ2) is 7.37. The molecule has 0 saturated heterocycles. The Bertz CT molecular complexity index is 631. The van der Waals surface area contributed by atoms with E-state index in [0.29, 0.717) is 27.4 Å². The van der Waals surface area contributed by atoms with Gasteiger partial charge in [0.05, 0.1) is 15.1 Å². The van der Waals surface area contributed by atoms with Gasteiger partial charge in [-0.05, 0) is 37.7 Å². The molecule has 0 aromatic heterocycles. The number of hydrogen-bond donors (Lipinski definition) is 1. The first-order chi connectivity index (χ1) is 10.0. The van der Waals surface area contributed by atoms with Crippen LogP contribution in [-0.2, 0) is 6.61 Å². The van der Waals surface area contributed by atoms with Crippen molar-refractivity contribution in [2.75, 3.05) is 7.05 Å². The van der Waals surface area contributed by atoms with Crippen LogP contribution in [-0.4, -0.2) is 7.05 Å². The third-order valence-electron chi connectivity index (χ3n) is 3.30. The van der Waals surface area contributed by atoms with E-state index in [2.05, 4.69) is 12.2 Å². The molecule has 1 unspecified atom stereocenters. The summed E-state index contributed by atoms with van der Waals surface area (Å²) in [4.78, 5) is 0. The molecule has 2 rings (SSSR count). The standard InChI is InChI=1S/C16H16Cl3NO/c1-10(20-2)11-6-7-15(14(18)8-11)21-9-12-4-3-5-13(17)16(12)19/h3-8,10,20H,9H2,1-2H3. The molecular weight excluding hydrogens is 329 g/mol. The van der Waals surface area contributed by atoms with Crippen LogP contribution in [0.3, 0.4) is 0 Å². The van der Waals surface area contributed by atoms with Crippen LogP contribution in [0.15, 0.2) is 36.4 Å². The summed E-state index contributed by atoms with van der Waals surface area (Å²) in [6.45, 7) is 2.39. The van der Waals surface area contributed by atoms with Crippen LogP contribution in [0.25, 0.3) is 0 Å². The monoisotopic (exact) mass is 343 g/mol. The molecule has 1 N–H and O–H groups in total. The van der Waals surface area contributed by atoms with Gasteiger partial charge < -0.3 is 10.1 Å². The summed E-state index contributed by atoms with van der Waals surface area (Å²) >= 11 is 18.4. The molecule has 1 atom stereocenters. The van der Waals surface area contributed by atoms with E-state index in [1.54, 1.807) is 6.07 Å². The van der Waals surface area contributed by atoms with Gasteiger partial charge in [-0.15, -0.1) is 0 Å². The van der Waals surface area contributed by atoms with Crippen molar-refractivity contribution in [1.29, 1.82) is 0 Å². The van der Waals surface area contributed by atoms with Gasteiger partial charge in [-0.3, -0.25) is 0 Å². The lowest BCUT2D eigenvalue weighted by atomic mass is 10.1. The molecule has 0 fully saturated rings. The lowest BCUT2D eigenvalue weighted by molar-refractivity contribution is 0.306. The van der Waals surface area contributed by atoms with Crippen molar-refractivity contribution in [3.63, 3.8) is 0 Å². The Kier molecular flexibility index (Phi) is 5.77. The van der Waals surface area contributed by atoms with Crippen molar-refractivity contribution in [3.8, 4) is 5.75 Å². The smallest absolute Gasteiger partial charge is 0.138 e. The maximum Gasteiger partial charge on any atom is 0.138 e. The number of halogens is 3. The average molecular weight is 345 g/mol. The minimum absolute atomic E-state index is 0.235. The average Bonchev–Trinajstić information content (AvgIpc) is 2.49. The van der Waals surface area contributed by atoms with Crippen molar-refractivity contribution in [1.82, 2.24) is 5.32 Å². The number of hydrogen-bond acceptors (Lipinski definition) is 2. The molecule has 2 aromatic rings. The number of nitrogens with one attached hydrogen (secondary N) is 1. The molecule has 21 heavy (non-hydrogen) atoms. The molecule has 0 bridgehead atoms. The summed E-state index contributed by atoms with van der Waals surface area (Å²) in [6.07, 6.45) is 0. The molecule has 0 spiro atoms. The van der Waals surface area contributed by atoms with Crippen molar-refractivity contribution in [2.24, 2.45) is 0 Å². The van der Waals surface area contributed by atoms with E-state index in [4.69, 9.17) is 39.5 Å². The Morgan fingerprint density at radius 3 is 2.52 bits per heavy atom. The molecule has 2 aromatic carbocycles. The highest BCUT2D eigenvalue weighted by Gasteiger charge is 2.09. The second-order valence-electron chi connectivity index (χ2n) is 4.70. The number of ether oxygens (including phenoxy) is 1. The minimum Gasteiger partial charge on any atom is -0.487 e.